The van der Waals surface area contributed by atoms with E-state index in [0.29, 0.717) is 6.04 Å². The number of anilines is 1. The predicted octanol–water partition coefficient (Wildman–Crippen LogP) is 3.80. The Bertz CT molecular complexity index is 783. The van der Waals surface area contributed by atoms with E-state index < -0.39 is 0 Å². The molecule has 1 aromatic rings. The smallest absolute Gasteiger partial charge is 0.134 e. The third kappa shape index (κ3) is 2.79. The Morgan fingerprint density at radius 1 is 1.31 bits per heavy atom. The molecule has 0 amide bonds. The summed E-state index contributed by atoms with van der Waals surface area (Å²) in [7, 11) is 3.62. The number of likely N-dealkylation sites (tertiary alicyclic amines) is 1. The van der Waals surface area contributed by atoms with E-state index >= 15 is 0 Å². The van der Waals surface area contributed by atoms with Gasteiger partial charge in [-0.2, -0.15) is 0 Å². The molecule has 3 aliphatic rings. The molecule has 4 heteroatoms. The normalized spacial score (nSPS) is 25.2. The first-order valence-electron chi connectivity index (χ1n) is 9.87. The van der Waals surface area contributed by atoms with Gasteiger partial charge in [-0.3, -0.25) is 9.89 Å². The van der Waals surface area contributed by atoms with Crippen molar-refractivity contribution >= 4 is 11.5 Å². The summed E-state index contributed by atoms with van der Waals surface area (Å²) in [4.78, 5) is 7.00. The number of piperidine rings is 1. The Morgan fingerprint density at radius 3 is 2.81 bits per heavy atom. The van der Waals surface area contributed by atoms with E-state index in [2.05, 4.69) is 46.1 Å². The Kier molecular flexibility index (Phi) is 4.67. The zero-order chi connectivity index (χ0) is 18.1. The Hall–Kier alpha value is -1.99. The van der Waals surface area contributed by atoms with Crippen molar-refractivity contribution in [1.82, 2.24) is 4.90 Å². The molecule has 2 heterocycles. The number of methoxy groups -OCH3 is 1. The standard InChI is InChI=1S/C22H29N3O/c1-16-8-4-5-12-25(16)13-6-9-17-14-19-18(15-20(17)26-3)22(10-7-11-22)21(23-2)24-19/h14-16H,4-5,7-8,10-13H2,1-3H3,(H,23,24). The summed E-state index contributed by atoms with van der Waals surface area (Å²) in [6, 6.07) is 4.98. The summed E-state index contributed by atoms with van der Waals surface area (Å²) >= 11 is 0. The number of aliphatic imine (C=N–C) groups is 1. The minimum absolute atomic E-state index is 0.0898. The number of hydrogen-bond acceptors (Lipinski definition) is 3. The first-order valence-corrected chi connectivity index (χ1v) is 9.87. The number of hydrogen-bond donors (Lipinski definition) is 1. The molecule has 0 bridgehead atoms. The molecule has 1 N–H and O–H groups in total. The van der Waals surface area contributed by atoms with Gasteiger partial charge in [0, 0.05) is 18.8 Å². The zero-order valence-electron chi connectivity index (χ0n) is 16.2. The van der Waals surface area contributed by atoms with Crippen LogP contribution in [0.1, 0.15) is 56.6 Å². The van der Waals surface area contributed by atoms with Crippen LogP contribution in [0.4, 0.5) is 5.69 Å². The van der Waals surface area contributed by atoms with Crippen LogP contribution in [0, 0.1) is 11.8 Å². The van der Waals surface area contributed by atoms with Crippen LogP contribution in [0.2, 0.25) is 0 Å². The maximum atomic E-state index is 5.68. The highest BCUT2D eigenvalue weighted by molar-refractivity contribution is 6.10. The third-order valence-corrected chi connectivity index (χ3v) is 6.44. The van der Waals surface area contributed by atoms with Gasteiger partial charge in [-0.15, -0.1) is 0 Å². The van der Waals surface area contributed by atoms with Gasteiger partial charge in [0.25, 0.3) is 0 Å². The van der Waals surface area contributed by atoms with Crippen molar-refractivity contribution in [1.29, 1.82) is 0 Å². The van der Waals surface area contributed by atoms with Crippen molar-refractivity contribution in [3.05, 3.63) is 23.3 Å². The van der Waals surface area contributed by atoms with Crippen LogP contribution < -0.4 is 10.1 Å². The van der Waals surface area contributed by atoms with Gasteiger partial charge in [-0.25, -0.2) is 0 Å². The van der Waals surface area contributed by atoms with Crippen molar-refractivity contribution in [2.75, 3.05) is 32.6 Å². The average molecular weight is 351 g/mol. The van der Waals surface area contributed by atoms with E-state index in [0.717, 1.165) is 35.9 Å². The van der Waals surface area contributed by atoms with Gasteiger partial charge < -0.3 is 10.1 Å². The number of nitrogens with zero attached hydrogens (tertiary/aromatic N) is 2. The molecule has 1 atom stereocenters. The molecule has 1 aliphatic carbocycles. The second kappa shape index (κ2) is 6.96. The number of benzene rings is 1. The fourth-order valence-corrected chi connectivity index (χ4v) is 4.66. The highest BCUT2D eigenvalue weighted by atomic mass is 16.5. The quantitative estimate of drug-likeness (QED) is 0.824. The Labute approximate surface area is 157 Å². The lowest BCUT2D eigenvalue weighted by molar-refractivity contribution is 0.182. The van der Waals surface area contributed by atoms with Gasteiger partial charge in [0.1, 0.15) is 11.6 Å². The summed E-state index contributed by atoms with van der Waals surface area (Å²) < 4.78 is 5.68. The van der Waals surface area contributed by atoms with Crippen LogP contribution in [0.3, 0.4) is 0 Å². The van der Waals surface area contributed by atoms with E-state index in [-0.39, 0.29) is 5.41 Å². The topological polar surface area (TPSA) is 36.9 Å². The van der Waals surface area contributed by atoms with Gasteiger partial charge >= 0.3 is 0 Å². The summed E-state index contributed by atoms with van der Waals surface area (Å²) in [6.45, 7) is 4.31. The molecule has 2 fully saturated rings. The monoisotopic (exact) mass is 351 g/mol. The molecule has 0 radical (unpaired) electrons. The largest absolute Gasteiger partial charge is 0.495 e. The number of rotatable bonds is 2. The van der Waals surface area contributed by atoms with Crippen molar-refractivity contribution < 1.29 is 4.74 Å². The van der Waals surface area contributed by atoms with Gasteiger partial charge in [-0.05, 0) is 56.8 Å². The summed E-state index contributed by atoms with van der Waals surface area (Å²) in [5, 5.41) is 3.53. The summed E-state index contributed by atoms with van der Waals surface area (Å²) in [5.41, 5.74) is 3.54. The molecule has 1 saturated carbocycles. The molecule has 4 nitrogen and oxygen atoms in total. The highest BCUT2D eigenvalue weighted by Crippen LogP contribution is 2.52. The van der Waals surface area contributed by atoms with Crippen molar-refractivity contribution in [2.45, 2.75) is 56.9 Å². The van der Waals surface area contributed by atoms with Crippen molar-refractivity contribution in [3.63, 3.8) is 0 Å². The maximum absolute atomic E-state index is 5.68. The number of nitrogens with one attached hydrogen (secondary N) is 1. The molecule has 1 aromatic carbocycles. The van der Waals surface area contributed by atoms with Gasteiger partial charge in [0.15, 0.2) is 0 Å². The first kappa shape index (κ1) is 17.4. The SMILES string of the molecule is CN=C1Nc2cc(C#CCN3CCCCC3C)c(OC)cc2C12CCC2. The van der Waals surface area contributed by atoms with Crippen LogP contribution in [0.15, 0.2) is 17.1 Å². The van der Waals surface area contributed by atoms with Gasteiger partial charge in [0.05, 0.1) is 24.6 Å². The van der Waals surface area contributed by atoms with Crippen LogP contribution in [-0.2, 0) is 5.41 Å². The second-order valence-electron chi connectivity index (χ2n) is 7.85. The fraction of sp³-hybridized carbons (Fsp3) is 0.591. The number of amidine groups is 1. The van der Waals surface area contributed by atoms with Crippen LogP contribution >= 0.6 is 0 Å². The molecule has 1 unspecified atom stereocenters. The van der Waals surface area contributed by atoms with Gasteiger partial charge in [0.2, 0.25) is 0 Å². The maximum Gasteiger partial charge on any atom is 0.134 e. The number of ether oxygens (including phenoxy) is 1. The van der Waals surface area contributed by atoms with E-state index in [1.807, 2.05) is 7.05 Å². The van der Waals surface area contributed by atoms with E-state index in [9.17, 15) is 0 Å². The minimum atomic E-state index is 0.0898. The molecular weight excluding hydrogens is 322 g/mol. The van der Waals surface area contributed by atoms with Crippen molar-refractivity contribution in [2.24, 2.45) is 4.99 Å². The Balaban J connectivity index is 1.60. The van der Waals surface area contributed by atoms with E-state index in [4.69, 9.17) is 4.74 Å². The highest BCUT2D eigenvalue weighted by Gasteiger charge is 2.49. The molecular formula is C22H29N3O. The predicted molar refractivity (Wildman–Crippen MR) is 107 cm³/mol. The first-order chi connectivity index (χ1) is 12.7. The lowest BCUT2D eigenvalue weighted by Gasteiger charge is -2.38. The third-order valence-electron chi connectivity index (χ3n) is 6.44. The second-order valence-corrected chi connectivity index (χ2v) is 7.85. The average Bonchev–Trinajstić information content (AvgIpc) is 2.96. The van der Waals surface area contributed by atoms with Crippen LogP contribution in [0.25, 0.3) is 0 Å². The lowest BCUT2D eigenvalue weighted by Crippen LogP contribution is -2.41. The van der Waals surface area contributed by atoms with Crippen molar-refractivity contribution in [3.8, 4) is 17.6 Å². The fourth-order valence-electron chi connectivity index (χ4n) is 4.66. The van der Waals surface area contributed by atoms with E-state index in [1.54, 1.807) is 7.11 Å². The molecule has 1 saturated heterocycles. The molecule has 26 heavy (non-hydrogen) atoms. The van der Waals surface area contributed by atoms with Crippen LogP contribution in [-0.4, -0.2) is 44.0 Å². The van der Waals surface area contributed by atoms with E-state index in [1.165, 1.54) is 44.1 Å². The molecule has 1 spiro atoms. The number of fused-ring (bicyclic) bond motifs is 2. The zero-order valence-corrected chi connectivity index (χ0v) is 16.2. The molecule has 138 valence electrons. The Morgan fingerprint density at radius 2 is 2.15 bits per heavy atom. The molecule has 4 rings (SSSR count). The van der Waals surface area contributed by atoms with Crippen LogP contribution in [0.5, 0.6) is 5.75 Å². The minimum Gasteiger partial charge on any atom is -0.495 e. The molecule has 0 aromatic heterocycles. The molecule has 2 aliphatic heterocycles. The lowest BCUT2D eigenvalue weighted by atomic mass is 9.65. The van der Waals surface area contributed by atoms with Gasteiger partial charge in [-0.1, -0.05) is 24.7 Å². The summed E-state index contributed by atoms with van der Waals surface area (Å²) in [5.74, 6) is 8.73. The summed E-state index contributed by atoms with van der Waals surface area (Å²) in [6.07, 6.45) is 7.52.